The molecule has 0 aliphatic heterocycles. The van der Waals surface area contributed by atoms with E-state index in [1.54, 1.807) is 36.0 Å². The Morgan fingerprint density at radius 3 is 2.64 bits per heavy atom. The van der Waals surface area contributed by atoms with Crippen molar-refractivity contribution in [2.24, 2.45) is 0 Å². The van der Waals surface area contributed by atoms with Crippen molar-refractivity contribution < 1.29 is 4.79 Å². The van der Waals surface area contributed by atoms with E-state index in [1.807, 2.05) is 6.92 Å². The van der Waals surface area contributed by atoms with Crippen LogP contribution in [0.1, 0.15) is 6.92 Å². The molecule has 0 saturated heterocycles. The first kappa shape index (κ1) is 10.9. The van der Waals surface area contributed by atoms with E-state index in [4.69, 9.17) is 5.73 Å². The van der Waals surface area contributed by atoms with E-state index in [0.29, 0.717) is 11.4 Å². The largest absolute Gasteiger partial charge is 0.399 e. The van der Waals surface area contributed by atoms with Gasteiger partial charge in [-0.15, -0.1) is 0 Å². The van der Waals surface area contributed by atoms with Crippen LogP contribution >= 0.6 is 11.8 Å². The number of hydrogen-bond donors (Lipinski definition) is 2. The molecule has 14 heavy (non-hydrogen) atoms. The summed E-state index contributed by atoms with van der Waals surface area (Å²) in [4.78, 5) is 11.3. The van der Waals surface area contributed by atoms with Gasteiger partial charge in [0.25, 0.3) is 0 Å². The summed E-state index contributed by atoms with van der Waals surface area (Å²) >= 11 is 1.60. The molecule has 0 atom stereocenters. The summed E-state index contributed by atoms with van der Waals surface area (Å²) in [6, 6.07) is 7.12. The number of anilines is 2. The van der Waals surface area contributed by atoms with E-state index >= 15 is 0 Å². The van der Waals surface area contributed by atoms with Gasteiger partial charge in [0.1, 0.15) is 0 Å². The number of benzene rings is 1. The Morgan fingerprint density at radius 2 is 2.07 bits per heavy atom. The molecule has 0 radical (unpaired) electrons. The Kier molecular flexibility index (Phi) is 4.32. The van der Waals surface area contributed by atoms with E-state index < -0.39 is 0 Å². The molecule has 1 aromatic rings. The molecule has 1 aromatic carbocycles. The zero-order valence-corrected chi connectivity index (χ0v) is 8.93. The number of rotatable bonds is 4. The van der Waals surface area contributed by atoms with Crippen molar-refractivity contribution >= 4 is 29.0 Å². The summed E-state index contributed by atoms with van der Waals surface area (Å²) in [6.45, 7) is 2.03. The molecular formula is C10H14N2OS. The van der Waals surface area contributed by atoms with Crippen LogP contribution in [0.5, 0.6) is 0 Å². The smallest absolute Gasteiger partial charge is 0.234 e. The van der Waals surface area contributed by atoms with Gasteiger partial charge in [0.15, 0.2) is 0 Å². The minimum atomic E-state index is 0.0293. The Morgan fingerprint density at radius 1 is 1.43 bits per heavy atom. The van der Waals surface area contributed by atoms with E-state index in [0.717, 1.165) is 11.4 Å². The van der Waals surface area contributed by atoms with Crippen LogP contribution in [0.15, 0.2) is 24.3 Å². The van der Waals surface area contributed by atoms with Crippen LogP contribution in [0.25, 0.3) is 0 Å². The fourth-order valence-electron chi connectivity index (χ4n) is 0.958. The third-order valence-corrected chi connectivity index (χ3v) is 2.51. The molecule has 1 amide bonds. The van der Waals surface area contributed by atoms with Gasteiger partial charge in [0, 0.05) is 11.4 Å². The lowest BCUT2D eigenvalue weighted by molar-refractivity contribution is -0.113. The van der Waals surface area contributed by atoms with Crippen molar-refractivity contribution in [2.45, 2.75) is 6.92 Å². The van der Waals surface area contributed by atoms with Crippen LogP contribution in [-0.2, 0) is 4.79 Å². The van der Waals surface area contributed by atoms with E-state index in [9.17, 15) is 4.79 Å². The predicted octanol–water partition coefficient (Wildman–Crippen LogP) is 1.96. The molecule has 0 bridgehead atoms. The van der Waals surface area contributed by atoms with Gasteiger partial charge < -0.3 is 11.1 Å². The van der Waals surface area contributed by atoms with Crippen LogP contribution in [0, 0.1) is 0 Å². The molecular weight excluding hydrogens is 196 g/mol. The zero-order valence-electron chi connectivity index (χ0n) is 8.12. The number of hydrogen-bond acceptors (Lipinski definition) is 3. The minimum Gasteiger partial charge on any atom is -0.399 e. The van der Waals surface area contributed by atoms with E-state index in [1.165, 1.54) is 0 Å². The number of nitrogens with two attached hydrogens (primary N) is 1. The first-order valence-corrected chi connectivity index (χ1v) is 5.61. The van der Waals surface area contributed by atoms with Crippen molar-refractivity contribution in [3.63, 3.8) is 0 Å². The van der Waals surface area contributed by atoms with Crippen molar-refractivity contribution in [2.75, 3.05) is 22.6 Å². The average molecular weight is 210 g/mol. The predicted molar refractivity (Wildman–Crippen MR) is 62.5 cm³/mol. The lowest BCUT2D eigenvalue weighted by Gasteiger charge is -2.04. The molecule has 3 N–H and O–H groups in total. The molecule has 0 saturated carbocycles. The van der Waals surface area contributed by atoms with Crippen molar-refractivity contribution in [3.8, 4) is 0 Å². The summed E-state index contributed by atoms with van der Waals surface area (Å²) in [5, 5.41) is 2.79. The zero-order chi connectivity index (χ0) is 10.4. The molecule has 1 rings (SSSR count). The van der Waals surface area contributed by atoms with Gasteiger partial charge >= 0.3 is 0 Å². The van der Waals surface area contributed by atoms with Gasteiger partial charge in [0.05, 0.1) is 5.75 Å². The van der Waals surface area contributed by atoms with Crippen LogP contribution in [0.3, 0.4) is 0 Å². The fraction of sp³-hybridized carbons (Fsp3) is 0.300. The summed E-state index contributed by atoms with van der Waals surface area (Å²) < 4.78 is 0. The SMILES string of the molecule is CCSCC(=O)Nc1ccc(N)cc1. The van der Waals surface area contributed by atoms with Gasteiger partial charge in [-0.3, -0.25) is 4.79 Å². The standard InChI is InChI=1S/C10H14N2OS/c1-2-14-7-10(13)12-9-5-3-8(11)4-6-9/h3-6H,2,7,11H2,1H3,(H,12,13). The molecule has 0 fully saturated rings. The molecule has 0 heterocycles. The van der Waals surface area contributed by atoms with Gasteiger partial charge in [-0.1, -0.05) is 6.92 Å². The highest BCUT2D eigenvalue weighted by atomic mass is 32.2. The lowest BCUT2D eigenvalue weighted by Crippen LogP contribution is -2.14. The third kappa shape index (κ3) is 3.70. The number of carbonyl (C=O) groups excluding carboxylic acids is 1. The van der Waals surface area contributed by atoms with E-state index in [2.05, 4.69) is 5.32 Å². The Balaban J connectivity index is 2.44. The number of carbonyl (C=O) groups is 1. The maximum Gasteiger partial charge on any atom is 0.234 e. The molecule has 4 heteroatoms. The summed E-state index contributed by atoms with van der Waals surface area (Å²) in [6.07, 6.45) is 0. The molecule has 3 nitrogen and oxygen atoms in total. The van der Waals surface area contributed by atoms with Gasteiger partial charge in [0.2, 0.25) is 5.91 Å². The van der Waals surface area contributed by atoms with Crippen molar-refractivity contribution in [1.29, 1.82) is 0 Å². The van der Waals surface area contributed by atoms with Crippen LogP contribution < -0.4 is 11.1 Å². The van der Waals surface area contributed by atoms with Crippen LogP contribution in [0.4, 0.5) is 11.4 Å². The normalized spacial score (nSPS) is 9.79. The molecule has 0 spiro atoms. The highest BCUT2D eigenvalue weighted by Crippen LogP contribution is 2.11. The van der Waals surface area contributed by atoms with E-state index in [-0.39, 0.29) is 5.91 Å². The molecule has 0 aliphatic carbocycles. The summed E-state index contributed by atoms with van der Waals surface area (Å²) in [5.41, 5.74) is 7.01. The Hall–Kier alpha value is -1.16. The monoisotopic (exact) mass is 210 g/mol. The Bertz CT molecular complexity index is 297. The number of amides is 1. The topological polar surface area (TPSA) is 55.1 Å². The Labute approximate surface area is 88.1 Å². The average Bonchev–Trinajstić information content (AvgIpc) is 2.18. The second-order valence-corrected chi connectivity index (χ2v) is 4.08. The first-order chi connectivity index (χ1) is 6.72. The minimum absolute atomic E-state index is 0.0293. The molecule has 0 unspecified atom stereocenters. The second-order valence-electron chi connectivity index (χ2n) is 2.81. The van der Waals surface area contributed by atoms with Gasteiger partial charge in [-0.05, 0) is 30.0 Å². The number of nitrogens with one attached hydrogen (secondary N) is 1. The van der Waals surface area contributed by atoms with Crippen LogP contribution in [-0.4, -0.2) is 17.4 Å². The fourth-order valence-corrected chi connectivity index (χ4v) is 1.42. The van der Waals surface area contributed by atoms with Crippen LogP contribution in [0.2, 0.25) is 0 Å². The maximum absolute atomic E-state index is 11.3. The third-order valence-electron chi connectivity index (χ3n) is 1.63. The van der Waals surface area contributed by atoms with Crippen molar-refractivity contribution in [1.82, 2.24) is 0 Å². The highest BCUT2D eigenvalue weighted by Gasteiger charge is 2.00. The number of thioether (sulfide) groups is 1. The molecule has 76 valence electrons. The maximum atomic E-state index is 11.3. The summed E-state index contributed by atoms with van der Waals surface area (Å²) in [5.74, 6) is 1.48. The second kappa shape index (κ2) is 5.54. The first-order valence-electron chi connectivity index (χ1n) is 4.45. The van der Waals surface area contributed by atoms with Gasteiger partial charge in [-0.25, -0.2) is 0 Å². The molecule has 0 aliphatic rings. The number of nitrogen functional groups attached to an aromatic ring is 1. The highest BCUT2D eigenvalue weighted by molar-refractivity contribution is 7.99. The lowest BCUT2D eigenvalue weighted by atomic mass is 10.3. The van der Waals surface area contributed by atoms with Crippen molar-refractivity contribution in [3.05, 3.63) is 24.3 Å². The van der Waals surface area contributed by atoms with Gasteiger partial charge in [-0.2, -0.15) is 11.8 Å². The molecule has 0 aromatic heterocycles. The quantitative estimate of drug-likeness (QED) is 0.747. The summed E-state index contributed by atoms with van der Waals surface area (Å²) in [7, 11) is 0.